The van der Waals surface area contributed by atoms with Gasteiger partial charge in [0.2, 0.25) is 10.0 Å². The highest BCUT2D eigenvalue weighted by Crippen LogP contribution is 2.22. The maximum absolute atomic E-state index is 12.7. The lowest BCUT2D eigenvalue weighted by Gasteiger charge is -2.31. The lowest BCUT2D eigenvalue weighted by Crippen LogP contribution is -2.53. The molecule has 5 nitrogen and oxygen atoms in total. The number of sulfonamides is 1. The van der Waals surface area contributed by atoms with Crippen LogP contribution in [0.15, 0.2) is 47.4 Å². The van der Waals surface area contributed by atoms with E-state index in [0.717, 1.165) is 10.8 Å². The normalized spacial score (nSPS) is 20.7. The Morgan fingerprint density at radius 3 is 2.71 bits per heavy atom. The zero-order valence-corrected chi connectivity index (χ0v) is 12.4. The van der Waals surface area contributed by atoms with E-state index >= 15 is 0 Å². The molecule has 0 spiro atoms. The number of fused-ring (bicyclic) bond motifs is 1. The van der Waals surface area contributed by atoms with Gasteiger partial charge in [0.1, 0.15) is 0 Å². The number of hydrogen-bond donors (Lipinski definition) is 2. The number of nitrogens with one attached hydrogen (secondary N) is 1. The van der Waals surface area contributed by atoms with Crippen LogP contribution < -0.4 is 5.32 Å². The molecule has 2 aromatic carbocycles. The largest absolute Gasteiger partial charge is 0.395 e. The van der Waals surface area contributed by atoms with E-state index in [1.807, 2.05) is 30.3 Å². The zero-order valence-electron chi connectivity index (χ0n) is 11.6. The van der Waals surface area contributed by atoms with Gasteiger partial charge < -0.3 is 10.4 Å². The lowest BCUT2D eigenvalue weighted by molar-refractivity contribution is 0.195. The maximum Gasteiger partial charge on any atom is 0.243 e. The molecule has 3 rings (SSSR count). The van der Waals surface area contributed by atoms with Crippen LogP contribution in [0.25, 0.3) is 10.8 Å². The van der Waals surface area contributed by atoms with Gasteiger partial charge in [0.05, 0.1) is 11.5 Å². The second-order valence-corrected chi connectivity index (χ2v) is 7.14. The van der Waals surface area contributed by atoms with Crippen LogP contribution >= 0.6 is 0 Å². The summed E-state index contributed by atoms with van der Waals surface area (Å²) in [7, 11) is -3.51. The summed E-state index contributed by atoms with van der Waals surface area (Å²) in [5.74, 6) is 0. The highest BCUT2D eigenvalue weighted by Gasteiger charge is 2.29. The smallest absolute Gasteiger partial charge is 0.243 e. The van der Waals surface area contributed by atoms with Crippen molar-refractivity contribution in [3.8, 4) is 0 Å². The molecule has 2 N–H and O–H groups in total. The summed E-state index contributed by atoms with van der Waals surface area (Å²) in [6.07, 6.45) is 0. The molecular weight excluding hydrogens is 288 g/mol. The molecule has 0 amide bonds. The van der Waals surface area contributed by atoms with Crippen molar-refractivity contribution in [1.82, 2.24) is 9.62 Å². The van der Waals surface area contributed by atoms with Gasteiger partial charge in [-0.1, -0.05) is 30.3 Å². The summed E-state index contributed by atoms with van der Waals surface area (Å²) in [6, 6.07) is 12.7. The molecule has 0 radical (unpaired) electrons. The first-order valence-electron chi connectivity index (χ1n) is 6.94. The molecule has 0 unspecified atom stereocenters. The number of aliphatic hydroxyl groups is 1. The summed E-state index contributed by atoms with van der Waals surface area (Å²) < 4.78 is 26.9. The Bertz CT molecular complexity index is 745. The fourth-order valence-electron chi connectivity index (χ4n) is 2.61. The van der Waals surface area contributed by atoms with Crippen molar-refractivity contribution in [3.05, 3.63) is 42.5 Å². The highest BCUT2D eigenvalue weighted by atomic mass is 32.2. The molecule has 1 saturated heterocycles. The number of rotatable bonds is 3. The molecule has 0 aromatic heterocycles. The van der Waals surface area contributed by atoms with Crippen molar-refractivity contribution in [1.29, 1.82) is 0 Å². The van der Waals surface area contributed by atoms with Crippen molar-refractivity contribution >= 4 is 20.8 Å². The third-order valence-electron chi connectivity index (χ3n) is 3.80. The van der Waals surface area contributed by atoms with Crippen molar-refractivity contribution in [3.63, 3.8) is 0 Å². The molecule has 0 aliphatic carbocycles. The monoisotopic (exact) mass is 306 g/mol. The van der Waals surface area contributed by atoms with Crippen molar-refractivity contribution in [2.75, 3.05) is 26.2 Å². The van der Waals surface area contributed by atoms with E-state index in [0.29, 0.717) is 24.5 Å². The topological polar surface area (TPSA) is 69.6 Å². The van der Waals surface area contributed by atoms with Gasteiger partial charge in [-0.05, 0) is 22.9 Å². The lowest BCUT2D eigenvalue weighted by atomic mass is 10.1. The van der Waals surface area contributed by atoms with Crippen LogP contribution in [0.5, 0.6) is 0 Å². The van der Waals surface area contributed by atoms with Gasteiger partial charge in [-0.15, -0.1) is 0 Å². The summed E-state index contributed by atoms with van der Waals surface area (Å²) in [4.78, 5) is 0.305. The first-order chi connectivity index (χ1) is 10.1. The van der Waals surface area contributed by atoms with Gasteiger partial charge in [0, 0.05) is 25.7 Å². The molecule has 6 heteroatoms. The third-order valence-corrected chi connectivity index (χ3v) is 5.66. The highest BCUT2D eigenvalue weighted by molar-refractivity contribution is 7.89. The minimum Gasteiger partial charge on any atom is -0.395 e. The predicted octanol–water partition coefficient (Wildman–Crippen LogP) is 0.795. The SMILES string of the molecule is O=S(=O)(c1ccc2ccccc2c1)N1CCN[C@@H](CO)C1. The average molecular weight is 306 g/mol. The number of piperazine rings is 1. The van der Waals surface area contributed by atoms with Gasteiger partial charge in [-0.3, -0.25) is 0 Å². The second kappa shape index (κ2) is 5.73. The second-order valence-electron chi connectivity index (χ2n) is 5.21. The summed E-state index contributed by atoms with van der Waals surface area (Å²) in [6.45, 7) is 1.21. The molecule has 21 heavy (non-hydrogen) atoms. The molecule has 112 valence electrons. The maximum atomic E-state index is 12.7. The molecule has 1 atom stereocenters. The first kappa shape index (κ1) is 14.5. The van der Waals surface area contributed by atoms with Gasteiger partial charge in [0.25, 0.3) is 0 Å². The van der Waals surface area contributed by atoms with E-state index in [2.05, 4.69) is 5.32 Å². The quantitative estimate of drug-likeness (QED) is 0.880. The van der Waals surface area contributed by atoms with Gasteiger partial charge in [-0.2, -0.15) is 4.31 Å². The third kappa shape index (κ3) is 2.80. The fourth-order valence-corrected chi connectivity index (χ4v) is 4.13. The Labute approximate surface area is 124 Å². The van der Waals surface area contributed by atoms with E-state index < -0.39 is 10.0 Å². The molecule has 1 fully saturated rings. The number of aliphatic hydroxyl groups excluding tert-OH is 1. The fraction of sp³-hybridized carbons (Fsp3) is 0.333. The van der Waals surface area contributed by atoms with Crippen molar-refractivity contribution in [2.45, 2.75) is 10.9 Å². The van der Waals surface area contributed by atoms with Gasteiger partial charge in [0.15, 0.2) is 0 Å². The molecule has 2 aromatic rings. The minimum atomic E-state index is -3.51. The molecular formula is C15H18N2O3S. The Morgan fingerprint density at radius 2 is 1.95 bits per heavy atom. The summed E-state index contributed by atoms with van der Waals surface area (Å²) >= 11 is 0. The first-order valence-corrected chi connectivity index (χ1v) is 8.38. The van der Waals surface area contributed by atoms with E-state index in [9.17, 15) is 13.5 Å². The van der Waals surface area contributed by atoms with E-state index in [1.54, 1.807) is 12.1 Å². The molecule has 0 bridgehead atoms. The summed E-state index contributed by atoms with van der Waals surface area (Å²) in [5, 5.41) is 14.2. The summed E-state index contributed by atoms with van der Waals surface area (Å²) in [5.41, 5.74) is 0. The number of hydrogen-bond acceptors (Lipinski definition) is 4. The molecule has 1 heterocycles. The Hall–Kier alpha value is -1.47. The number of nitrogens with zero attached hydrogens (tertiary/aromatic N) is 1. The molecule has 1 aliphatic heterocycles. The standard InChI is InChI=1S/C15H18N2O3S/c18-11-14-10-17(8-7-16-14)21(19,20)15-6-5-12-3-1-2-4-13(12)9-15/h1-6,9,14,16,18H,7-8,10-11H2/t14-/m1/s1. The molecule has 1 aliphatic rings. The van der Waals surface area contributed by atoms with Crippen molar-refractivity contribution in [2.24, 2.45) is 0 Å². The Balaban J connectivity index is 1.95. The van der Waals surface area contributed by atoms with Crippen LogP contribution in [0, 0.1) is 0 Å². The minimum absolute atomic E-state index is 0.0657. The van der Waals surface area contributed by atoms with Crippen LogP contribution in [-0.2, 0) is 10.0 Å². The van der Waals surface area contributed by atoms with Crippen LogP contribution in [-0.4, -0.2) is 50.1 Å². The van der Waals surface area contributed by atoms with Crippen LogP contribution in [0.1, 0.15) is 0 Å². The Kier molecular flexibility index (Phi) is 3.95. The molecule has 0 saturated carbocycles. The van der Waals surface area contributed by atoms with Gasteiger partial charge in [-0.25, -0.2) is 8.42 Å². The van der Waals surface area contributed by atoms with Gasteiger partial charge >= 0.3 is 0 Å². The van der Waals surface area contributed by atoms with Crippen LogP contribution in [0.3, 0.4) is 0 Å². The zero-order chi connectivity index (χ0) is 14.9. The van der Waals surface area contributed by atoms with E-state index in [-0.39, 0.29) is 12.6 Å². The van der Waals surface area contributed by atoms with Crippen molar-refractivity contribution < 1.29 is 13.5 Å². The van der Waals surface area contributed by atoms with E-state index in [1.165, 1.54) is 4.31 Å². The van der Waals surface area contributed by atoms with Crippen LogP contribution in [0.4, 0.5) is 0 Å². The predicted molar refractivity (Wildman–Crippen MR) is 81.6 cm³/mol. The number of benzene rings is 2. The Morgan fingerprint density at radius 1 is 1.19 bits per heavy atom. The average Bonchev–Trinajstić information content (AvgIpc) is 2.54. The van der Waals surface area contributed by atoms with E-state index in [4.69, 9.17) is 0 Å². The van der Waals surface area contributed by atoms with Crippen LogP contribution in [0.2, 0.25) is 0 Å².